The summed E-state index contributed by atoms with van der Waals surface area (Å²) < 4.78 is 6.46. The maximum Gasteiger partial charge on any atom is 0.238 e. The topological polar surface area (TPSA) is 45.5 Å². The summed E-state index contributed by atoms with van der Waals surface area (Å²) in [6, 6.07) is 12.0. The fraction of sp³-hybridized carbons (Fsp3) is 0.389. The lowest BCUT2D eigenvalue weighted by Gasteiger charge is -2.27. The Hall–Kier alpha value is -1.59. The van der Waals surface area contributed by atoms with E-state index in [9.17, 15) is 4.79 Å². The average molecular weight is 377 g/mol. The largest absolute Gasteiger partial charge is 0.468 e. The third-order valence-corrected chi connectivity index (χ3v) is 4.78. The quantitative estimate of drug-likeness (QED) is 0.810. The van der Waals surface area contributed by atoms with Gasteiger partial charge in [-0.2, -0.15) is 0 Å². The van der Waals surface area contributed by atoms with Crippen molar-refractivity contribution in [2.24, 2.45) is 0 Å². The van der Waals surface area contributed by atoms with Crippen LogP contribution in [0, 0.1) is 0 Å². The zero-order valence-corrected chi connectivity index (χ0v) is 14.6. The lowest BCUT2D eigenvalue weighted by molar-refractivity contribution is -0.118. The molecule has 0 aliphatic heterocycles. The van der Waals surface area contributed by atoms with Crippen molar-refractivity contribution < 1.29 is 9.21 Å². The predicted octanol–water partition coefficient (Wildman–Crippen LogP) is 4.43. The molecule has 0 bridgehead atoms. The van der Waals surface area contributed by atoms with Gasteiger partial charge in [0.2, 0.25) is 5.91 Å². The van der Waals surface area contributed by atoms with Crippen LogP contribution in [-0.2, 0) is 11.3 Å². The van der Waals surface area contributed by atoms with Crippen molar-refractivity contribution in [3.63, 3.8) is 0 Å². The number of amides is 1. The van der Waals surface area contributed by atoms with Crippen molar-refractivity contribution in [1.29, 1.82) is 0 Å². The molecule has 1 amide bonds. The number of carbonyl (C=O) groups is 1. The Bertz CT molecular complexity index is 619. The molecule has 3 rings (SSSR count). The molecule has 1 aromatic carbocycles. The van der Waals surface area contributed by atoms with Gasteiger partial charge in [0.1, 0.15) is 5.76 Å². The van der Waals surface area contributed by atoms with E-state index in [1.165, 1.54) is 12.8 Å². The van der Waals surface area contributed by atoms with Gasteiger partial charge in [-0.3, -0.25) is 9.69 Å². The number of hydrogen-bond acceptors (Lipinski definition) is 3. The van der Waals surface area contributed by atoms with Crippen LogP contribution in [0.15, 0.2) is 51.6 Å². The van der Waals surface area contributed by atoms with Gasteiger partial charge < -0.3 is 9.73 Å². The normalized spacial score (nSPS) is 15.2. The summed E-state index contributed by atoms with van der Waals surface area (Å²) in [7, 11) is 0. The molecule has 1 N–H and O–H groups in total. The minimum absolute atomic E-state index is 0.0192. The minimum Gasteiger partial charge on any atom is -0.468 e. The summed E-state index contributed by atoms with van der Waals surface area (Å²) in [5.74, 6) is 0.930. The number of nitrogens with zero attached hydrogens (tertiary/aromatic N) is 1. The zero-order chi connectivity index (χ0) is 16.1. The third kappa shape index (κ3) is 4.69. The molecule has 0 atom stereocenters. The molecule has 1 aliphatic carbocycles. The lowest BCUT2D eigenvalue weighted by Crippen LogP contribution is -2.39. The second-order valence-corrected chi connectivity index (χ2v) is 6.89. The van der Waals surface area contributed by atoms with Crippen LogP contribution in [0.5, 0.6) is 0 Å². The number of anilines is 1. The highest BCUT2D eigenvalue weighted by molar-refractivity contribution is 9.10. The number of hydrogen-bond donors (Lipinski definition) is 1. The standard InChI is InChI=1S/C18H21BrN2O2/c19-14-7-9-15(10-8-14)20-18(22)13-21(16-4-1-2-5-16)12-17-6-3-11-23-17/h3,6-11,16H,1-2,4-5,12-13H2,(H,20,22). The van der Waals surface area contributed by atoms with E-state index in [1.807, 2.05) is 36.4 Å². The molecular formula is C18H21BrN2O2. The first-order valence-electron chi connectivity index (χ1n) is 8.02. The van der Waals surface area contributed by atoms with Gasteiger partial charge in [-0.15, -0.1) is 0 Å². The highest BCUT2D eigenvalue weighted by Gasteiger charge is 2.25. The summed E-state index contributed by atoms with van der Waals surface area (Å²) in [5.41, 5.74) is 0.822. The van der Waals surface area contributed by atoms with Gasteiger partial charge in [0, 0.05) is 16.2 Å². The summed E-state index contributed by atoms with van der Waals surface area (Å²) in [5, 5.41) is 2.97. The molecule has 2 aromatic rings. The van der Waals surface area contributed by atoms with E-state index < -0.39 is 0 Å². The Morgan fingerprint density at radius 1 is 1.22 bits per heavy atom. The van der Waals surface area contributed by atoms with Gasteiger partial charge in [-0.25, -0.2) is 0 Å². The van der Waals surface area contributed by atoms with E-state index in [1.54, 1.807) is 6.26 Å². The number of halogens is 1. The molecule has 0 spiro atoms. The average Bonchev–Trinajstić information content (AvgIpc) is 3.22. The van der Waals surface area contributed by atoms with Crippen molar-refractivity contribution >= 4 is 27.5 Å². The van der Waals surface area contributed by atoms with E-state index in [0.717, 1.165) is 28.8 Å². The van der Waals surface area contributed by atoms with Crippen molar-refractivity contribution in [2.45, 2.75) is 38.3 Å². The SMILES string of the molecule is O=C(CN(Cc1ccco1)C1CCCC1)Nc1ccc(Br)cc1. The zero-order valence-electron chi connectivity index (χ0n) is 13.0. The van der Waals surface area contributed by atoms with Gasteiger partial charge in [-0.1, -0.05) is 28.8 Å². The van der Waals surface area contributed by atoms with Gasteiger partial charge in [0.25, 0.3) is 0 Å². The van der Waals surface area contributed by atoms with E-state index in [2.05, 4.69) is 26.1 Å². The summed E-state index contributed by atoms with van der Waals surface area (Å²) >= 11 is 3.40. The van der Waals surface area contributed by atoms with Crippen LogP contribution in [0.3, 0.4) is 0 Å². The Labute approximate surface area is 145 Å². The minimum atomic E-state index is 0.0192. The Morgan fingerprint density at radius 3 is 2.61 bits per heavy atom. The fourth-order valence-electron chi connectivity index (χ4n) is 3.10. The second-order valence-electron chi connectivity index (χ2n) is 5.98. The first kappa shape index (κ1) is 16.3. The van der Waals surface area contributed by atoms with Crippen LogP contribution < -0.4 is 5.32 Å². The molecule has 4 nitrogen and oxygen atoms in total. The highest BCUT2D eigenvalue weighted by atomic mass is 79.9. The fourth-order valence-corrected chi connectivity index (χ4v) is 3.37. The number of rotatable bonds is 6. The highest BCUT2D eigenvalue weighted by Crippen LogP contribution is 2.25. The molecule has 1 saturated carbocycles. The smallest absolute Gasteiger partial charge is 0.238 e. The van der Waals surface area contributed by atoms with Crippen molar-refractivity contribution in [2.75, 3.05) is 11.9 Å². The Kier molecular flexibility index (Phi) is 5.51. The maximum atomic E-state index is 12.4. The molecular weight excluding hydrogens is 356 g/mol. The Balaban J connectivity index is 1.62. The van der Waals surface area contributed by atoms with Crippen molar-refractivity contribution in [3.8, 4) is 0 Å². The molecule has 0 radical (unpaired) electrons. The third-order valence-electron chi connectivity index (χ3n) is 4.25. The summed E-state index contributed by atoms with van der Waals surface area (Å²) in [4.78, 5) is 14.6. The monoisotopic (exact) mass is 376 g/mol. The van der Waals surface area contributed by atoms with Crippen LogP contribution in [0.2, 0.25) is 0 Å². The van der Waals surface area contributed by atoms with E-state index in [0.29, 0.717) is 19.1 Å². The van der Waals surface area contributed by atoms with Crippen LogP contribution >= 0.6 is 15.9 Å². The molecule has 1 heterocycles. The van der Waals surface area contributed by atoms with Gasteiger partial charge in [0.15, 0.2) is 0 Å². The maximum absolute atomic E-state index is 12.4. The number of furan rings is 1. The molecule has 1 aliphatic rings. The van der Waals surface area contributed by atoms with E-state index >= 15 is 0 Å². The molecule has 23 heavy (non-hydrogen) atoms. The van der Waals surface area contributed by atoms with Crippen molar-refractivity contribution in [3.05, 3.63) is 52.9 Å². The van der Waals surface area contributed by atoms with Crippen LogP contribution in [0.1, 0.15) is 31.4 Å². The number of nitrogens with one attached hydrogen (secondary N) is 1. The molecule has 1 fully saturated rings. The molecule has 0 saturated heterocycles. The Morgan fingerprint density at radius 2 is 1.96 bits per heavy atom. The van der Waals surface area contributed by atoms with Gasteiger partial charge in [0.05, 0.1) is 19.4 Å². The molecule has 5 heteroatoms. The predicted molar refractivity (Wildman–Crippen MR) is 94.1 cm³/mol. The van der Waals surface area contributed by atoms with Crippen molar-refractivity contribution in [1.82, 2.24) is 4.90 Å². The molecule has 0 unspecified atom stereocenters. The molecule has 1 aromatic heterocycles. The molecule has 122 valence electrons. The lowest BCUT2D eigenvalue weighted by atomic mass is 10.2. The van der Waals surface area contributed by atoms with Crippen LogP contribution in [-0.4, -0.2) is 23.4 Å². The van der Waals surface area contributed by atoms with Gasteiger partial charge in [-0.05, 0) is 49.2 Å². The van der Waals surface area contributed by atoms with E-state index in [-0.39, 0.29) is 5.91 Å². The number of carbonyl (C=O) groups excluding carboxylic acids is 1. The first-order chi connectivity index (χ1) is 11.2. The van der Waals surface area contributed by atoms with Crippen LogP contribution in [0.4, 0.5) is 5.69 Å². The summed E-state index contributed by atoms with van der Waals surface area (Å²) in [6.07, 6.45) is 6.49. The first-order valence-corrected chi connectivity index (χ1v) is 8.82. The number of benzene rings is 1. The second kappa shape index (κ2) is 7.79. The van der Waals surface area contributed by atoms with Gasteiger partial charge >= 0.3 is 0 Å². The van der Waals surface area contributed by atoms with E-state index in [4.69, 9.17) is 4.42 Å². The summed E-state index contributed by atoms with van der Waals surface area (Å²) in [6.45, 7) is 1.08. The van der Waals surface area contributed by atoms with Crippen LogP contribution in [0.25, 0.3) is 0 Å².